The van der Waals surface area contributed by atoms with Gasteiger partial charge >= 0.3 is 0 Å². The number of hydrogen-bond acceptors (Lipinski definition) is 4. The van der Waals surface area contributed by atoms with Crippen LogP contribution in [-0.2, 0) is 13.1 Å². The Morgan fingerprint density at radius 2 is 1.97 bits per heavy atom. The van der Waals surface area contributed by atoms with Gasteiger partial charge in [0.25, 0.3) is 5.91 Å². The van der Waals surface area contributed by atoms with Crippen molar-refractivity contribution in [3.63, 3.8) is 0 Å². The maximum atomic E-state index is 13.1. The molecule has 30 heavy (non-hydrogen) atoms. The minimum absolute atomic E-state index is 0.182. The van der Waals surface area contributed by atoms with Crippen LogP contribution in [0.5, 0.6) is 0 Å². The number of aryl methyl sites for hydroxylation is 1. The lowest BCUT2D eigenvalue weighted by molar-refractivity contribution is 0.0951. The number of pyridine rings is 1. The molecule has 1 aromatic carbocycles. The van der Waals surface area contributed by atoms with Crippen molar-refractivity contribution >= 4 is 45.8 Å². The van der Waals surface area contributed by atoms with E-state index in [-0.39, 0.29) is 5.91 Å². The summed E-state index contributed by atoms with van der Waals surface area (Å²) in [7, 11) is 0. The number of carbonyl (C=O) groups is 1. The summed E-state index contributed by atoms with van der Waals surface area (Å²) >= 11 is 12.1. The van der Waals surface area contributed by atoms with E-state index in [4.69, 9.17) is 23.2 Å². The highest BCUT2D eigenvalue weighted by Crippen LogP contribution is 2.30. The molecule has 6 nitrogen and oxygen atoms in total. The molecule has 3 aromatic rings. The molecule has 1 saturated carbocycles. The molecule has 1 amide bonds. The summed E-state index contributed by atoms with van der Waals surface area (Å²) in [5.74, 6) is -0.182. The molecule has 0 saturated heterocycles. The van der Waals surface area contributed by atoms with Crippen LogP contribution in [0.15, 0.2) is 30.6 Å². The fraction of sp³-hybridized carbons (Fsp3) is 0.409. The maximum Gasteiger partial charge on any atom is 0.255 e. The Morgan fingerprint density at radius 3 is 2.70 bits per heavy atom. The molecule has 1 aliphatic carbocycles. The number of carbonyl (C=O) groups excluding carboxylic acids is 1. The van der Waals surface area contributed by atoms with Gasteiger partial charge in [0.2, 0.25) is 0 Å². The van der Waals surface area contributed by atoms with Crippen molar-refractivity contribution < 1.29 is 4.79 Å². The van der Waals surface area contributed by atoms with Gasteiger partial charge in [0.15, 0.2) is 5.65 Å². The normalized spacial score (nSPS) is 14.8. The Hall–Kier alpha value is -2.31. The Kier molecular flexibility index (Phi) is 6.44. The summed E-state index contributed by atoms with van der Waals surface area (Å²) in [5, 5.41) is 12.9. The molecule has 2 aromatic heterocycles. The Labute approximate surface area is 186 Å². The Balaban J connectivity index is 1.61. The van der Waals surface area contributed by atoms with Gasteiger partial charge in [-0.25, -0.2) is 9.67 Å². The first kappa shape index (κ1) is 20.9. The van der Waals surface area contributed by atoms with Crippen molar-refractivity contribution in [2.24, 2.45) is 0 Å². The average Bonchev–Trinajstić information content (AvgIpc) is 3.19. The summed E-state index contributed by atoms with van der Waals surface area (Å²) in [6, 6.07) is 5.70. The van der Waals surface area contributed by atoms with Crippen LogP contribution in [-0.4, -0.2) is 26.7 Å². The van der Waals surface area contributed by atoms with Gasteiger partial charge in [-0.15, -0.1) is 0 Å². The van der Waals surface area contributed by atoms with Crippen molar-refractivity contribution in [3.8, 4) is 0 Å². The zero-order valence-corrected chi connectivity index (χ0v) is 18.4. The molecule has 2 heterocycles. The zero-order chi connectivity index (χ0) is 21.1. The van der Waals surface area contributed by atoms with E-state index in [2.05, 4.69) is 20.7 Å². The summed E-state index contributed by atoms with van der Waals surface area (Å²) < 4.78 is 1.85. The second kappa shape index (κ2) is 9.23. The molecule has 2 N–H and O–H groups in total. The molecule has 8 heteroatoms. The molecular formula is C22H25Cl2N5O. The fourth-order valence-electron chi connectivity index (χ4n) is 3.96. The van der Waals surface area contributed by atoms with Crippen LogP contribution >= 0.6 is 23.2 Å². The molecule has 0 unspecified atom stereocenters. The van der Waals surface area contributed by atoms with E-state index in [0.29, 0.717) is 28.2 Å². The topological polar surface area (TPSA) is 71.8 Å². The highest BCUT2D eigenvalue weighted by Gasteiger charge is 2.21. The van der Waals surface area contributed by atoms with Gasteiger partial charge in [0.05, 0.1) is 32.9 Å². The molecule has 0 bridgehead atoms. The lowest BCUT2D eigenvalue weighted by Gasteiger charge is -2.25. The summed E-state index contributed by atoms with van der Waals surface area (Å²) in [6.45, 7) is 3.10. The van der Waals surface area contributed by atoms with Gasteiger partial charge in [0, 0.05) is 25.3 Å². The maximum absolute atomic E-state index is 13.1. The number of rotatable bonds is 6. The Morgan fingerprint density at radius 1 is 1.17 bits per heavy atom. The molecule has 0 spiro atoms. The van der Waals surface area contributed by atoms with E-state index < -0.39 is 0 Å². The van der Waals surface area contributed by atoms with Crippen molar-refractivity contribution in [3.05, 3.63) is 51.8 Å². The smallest absolute Gasteiger partial charge is 0.255 e. The van der Waals surface area contributed by atoms with Crippen molar-refractivity contribution in [1.82, 2.24) is 20.1 Å². The lowest BCUT2D eigenvalue weighted by Crippen LogP contribution is -2.27. The zero-order valence-electron chi connectivity index (χ0n) is 16.9. The SMILES string of the molecule is CCn1ncc2c(NC3CCCCC3)c(C(=O)NCc3ccc(Cl)c(Cl)c3)cnc21. The van der Waals surface area contributed by atoms with Gasteiger partial charge < -0.3 is 10.6 Å². The molecule has 0 radical (unpaired) electrons. The van der Waals surface area contributed by atoms with E-state index in [0.717, 1.165) is 41.7 Å². The van der Waals surface area contributed by atoms with Gasteiger partial charge in [-0.2, -0.15) is 5.10 Å². The highest BCUT2D eigenvalue weighted by molar-refractivity contribution is 6.42. The predicted octanol–water partition coefficient (Wildman–Crippen LogP) is 5.43. The number of nitrogens with zero attached hydrogens (tertiary/aromatic N) is 3. The number of nitrogens with one attached hydrogen (secondary N) is 2. The van der Waals surface area contributed by atoms with Crippen LogP contribution in [0.1, 0.15) is 54.9 Å². The monoisotopic (exact) mass is 445 g/mol. The third-order valence-corrected chi connectivity index (χ3v) is 6.34. The summed E-state index contributed by atoms with van der Waals surface area (Å²) in [4.78, 5) is 17.6. The second-order valence-electron chi connectivity index (χ2n) is 7.65. The molecule has 1 aliphatic rings. The highest BCUT2D eigenvalue weighted by atomic mass is 35.5. The third-order valence-electron chi connectivity index (χ3n) is 5.60. The van der Waals surface area contributed by atoms with E-state index in [1.807, 2.05) is 17.7 Å². The lowest BCUT2D eigenvalue weighted by atomic mass is 9.95. The molecule has 4 rings (SSSR count). The standard InChI is InChI=1S/C22H25Cl2N5O/c1-2-29-21-16(13-27-29)20(28-15-6-4-3-5-7-15)17(12-25-21)22(30)26-11-14-8-9-18(23)19(24)10-14/h8-10,12-13,15H,2-7,11H2,1H3,(H,25,28)(H,26,30). The molecule has 1 fully saturated rings. The number of amides is 1. The number of benzene rings is 1. The van der Waals surface area contributed by atoms with E-state index >= 15 is 0 Å². The van der Waals surface area contributed by atoms with Gasteiger partial charge in [-0.3, -0.25) is 4.79 Å². The van der Waals surface area contributed by atoms with Crippen LogP contribution < -0.4 is 10.6 Å². The number of hydrogen-bond donors (Lipinski definition) is 2. The van der Waals surface area contributed by atoms with E-state index in [1.54, 1.807) is 24.5 Å². The number of fused-ring (bicyclic) bond motifs is 1. The van der Waals surface area contributed by atoms with Crippen molar-refractivity contribution in [2.75, 3.05) is 5.32 Å². The second-order valence-corrected chi connectivity index (χ2v) is 8.47. The molecule has 158 valence electrons. The van der Waals surface area contributed by atoms with E-state index in [1.165, 1.54) is 19.3 Å². The molecule has 0 aliphatic heterocycles. The molecule has 0 atom stereocenters. The van der Waals surface area contributed by atoms with Gasteiger partial charge in [0.1, 0.15) is 0 Å². The van der Waals surface area contributed by atoms with Crippen LogP contribution in [0, 0.1) is 0 Å². The molecular weight excluding hydrogens is 421 g/mol. The quantitative estimate of drug-likeness (QED) is 0.530. The van der Waals surface area contributed by atoms with Crippen LogP contribution in [0.2, 0.25) is 10.0 Å². The van der Waals surface area contributed by atoms with E-state index in [9.17, 15) is 4.79 Å². The van der Waals surface area contributed by atoms with Crippen LogP contribution in [0.3, 0.4) is 0 Å². The first-order valence-electron chi connectivity index (χ1n) is 10.4. The van der Waals surface area contributed by atoms with Crippen LogP contribution in [0.25, 0.3) is 11.0 Å². The largest absolute Gasteiger partial charge is 0.381 e. The first-order valence-corrected chi connectivity index (χ1v) is 11.2. The van der Waals surface area contributed by atoms with Gasteiger partial charge in [-0.05, 0) is 37.5 Å². The Bertz CT molecular complexity index is 1060. The summed E-state index contributed by atoms with van der Waals surface area (Å²) in [5.41, 5.74) is 3.02. The third kappa shape index (κ3) is 4.40. The predicted molar refractivity (Wildman–Crippen MR) is 121 cm³/mol. The fourth-order valence-corrected chi connectivity index (χ4v) is 4.28. The minimum Gasteiger partial charge on any atom is -0.381 e. The number of anilines is 1. The van der Waals surface area contributed by atoms with Crippen LogP contribution in [0.4, 0.5) is 5.69 Å². The number of halogens is 2. The minimum atomic E-state index is -0.182. The van der Waals surface area contributed by atoms with Crippen molar-refractivity contribution in [2.45, 2.75) is 58.2 Å². The first-order chi connectivity index (χ1) is 14.6. The number of aromatic nitrogens is 3. The summed E-state index contributed by atoms with van der Waals surface area (Å²) in [6.07, 6.45) is 9.34. The van der Waals surface area contributed by atoms with Crippen molar-refractivity contribution in [1.29, 1.82) is 0 Å². The average molecular weight is 446 g/mol. The van der Waals surface area contributed by atoms with Gasteiger partial charge in [-0.1, -0.05) is 48.5 Å².